The van der Waals surface area contributed by atoms with Gasteiger partial charge in [0.25, 0.3) is 0 Å². The zero-order valence-electron chi connectivity index (χ0n) is 16.1. The largest absolute Gasteiger partial charge is 0.496 e. The van der Waals surface area contributed by atoms with E-state index in [1.165, 1.54) is 38.1 Å². The molecular formula is C26H17NO2. The van der Waals surface area contributed by atoms with Crippen LogP contribution in [0.25, 0.3) is 60.0 Å². The monoisotopic (exact) mass is 375 g/mol. The Labute approximate surface area is 166 Å². The van der Waals surface area contributed by atoms with Gasteiger partial charge in [-0.15, -0.1) is 0 Å². The van der Waals surface area contributed by atoms with Crippen LogP contribution in [0.4, 0.5) is 0 Å². The fourth-order valence-corrected chi connectivity index (χ4v) is 4.99. The van der Waals surface area contributed by atoms with Crippen LogP contribution in [0.15, 0.2) is 71.1 Å². The van der Waals surface area contributed by atoms with Gasteiger partial charge in [0.2, 0.25) is 0 Å². The van der Waals surface area contributed by atoms with Crippen molar-refractivity contribution in [3.63, 3.8) is 0 Å². The van der Waals surface area contributed by atoms with Crippen molar-refractivity contribution in [2.24, 2.45) is 0 Å². The molecule has 3 aromatic heterocycles. The quantitative estimate of drug-likeness (QED) is 0.307. The van der Waals surface area contributed by atoms with Crippen LogP contribution in [0.2, 0.25) is 0 Å². The standard InChI is InChI=1S/C26H17NO2/c1-14-7-8-15-12-19-17-9-10-22(28-2)23-24(17)27(20(19)13-16(15)11-14)25-18-5-3-4-6-21(18)29-26(23)25/h3-13H,1-2H3. The number of rotatable bonds is 1. The molecule has 0 aliphatic carbocycles. The van der Waals surface area contributed by atoms with Crippen molar-refractivity contribution < 1.29 is 9.15 Å². The maximum atomic E-state index is 6.34. The summed E-state index contributed by atoms with van der Waals surface area (Å²) < 4.78 is 14.5. The Hall–Kier alpha value is -3.72. The SMILES string of the molecule is COc1ccc2c3cc4ccc(C)cc4cc3n3c4c5ccccc5oc4c1c23. The summed E-state index contributed by atoms with van der Waals surface area (Å²) in [6.45, 7) is 2.14. The summed E-state index contributed by atoms with van der Waals surface area (Å²) in [5.74, 6) is 0.847. The molecule has 3 heterocycles. The molecule has 0 saturated carbocycles. The third-order valence-corrected chi connectivity index (χ3v) is 6.24. The zero-order valence-corrected chi connectivity index (χ0v) is 16.1. The Bertz CT molecular complexity index is 1750. The van der Waals surface area contributed by atoms with E-state index in [2.05, 4.69) is 65.9 Å². The summed E-state index contributed by atoms with van der Waals surface area (Å²) in [4.78, 5) is 0. The lowest BCUT2D eigenvalue weighted by Crippen LogP contribution is -1.83. The highest BCUT2D eigenvalue weighted by Crippen LogP contribution is 2.46. The van der Waals surface area contributed by atoms with E-state index in [-0.39, 0.29) is 0 Å². The van der Waals surface area contributed by atoms with Gasteiger partial charge >= 0.3 is 0 Å². The molecule has 0 saturated heterocycles. The van der Waals surface area contributed by atoms with E-state index in [1.54, 1.807) is 7.11 Å². The maximum absolute atomic E-state index is 6.34. The average molecular weight is 375 g/mol. The number of ether oxygens (including phenoxy) is 1. The third-order valence-electron chi connectivity index (χ3n) is 6.24. The summed E-state index contributed by atoms with van der Waals surface area (Å²) in [7, 11) is 1.72. The van der Waals surface area contributed by atoms with Crippen molar-refractivity contribution in [2.75, 3.05) is 7.11 Å². The molecule has 0 unspecified atom stereocenters. The Kier molecular flexibility index (Phi) is 2.63. The van der Waals surface area contributed by atoms with E-state index in [0.29, 0.717) is 0 Å². The normalized spacial score (nSPS) is 12.5. The predicted molar refractivity (Wildman–Crippen MR) is 120 cm³/mol. The van der Waals surface area contributed by atoms with Gasteiger partial charge < -0.3 is 13.6 Å². The van der Waals surface area contributed by atoms with Gasteiger partial charge in [-0.25, -0.2) is 0 Å². The van der Waals surface area contributed by atoms with Gasteiger partial charge in [-0.1, -0.05) is 35.9 Å². The molecule has 3 nitrogen and oxygen atoms in total. The minimum absolute atomic E-state index is 0.847. The van der Waals surface area contributed by atoms with E-state index in [9.17, 15) is 0 Å². The molecule has 3 heteroatoms. The first-order valence-electron chi connectivity index (χ1n) is 9.82. The van der Waals surface area contributed by atoms with Gasteiger partial charge in [-0.3, -0.25) is 0 Å². The highest BCUT2D eigenvalue weighted by atomic mass is 16.5. The summed E-state index contributed by atoms with van der Waals surface area (Å²) in [5, 5.41) is 7.19. The second-order valence-corrected chi connectivity index (χ2v) is 7.87. The first-order chi connectivity index (χ1) is 14.2. The molecule has 0 N–H and O–H groups in total. The first-order valence-corrected chi connectivity index (χ1v) is 9.82. The lowest BCUT2D eigenvalue weighted by Gasteiger charge is -2.03. The first kappa shape index (κ1) is 15.2. The third kappa shape index (κ3) is 1.74. The number of furan rings is 1. The molecule has 0 spiro atoms. The minimum Gasteiger partial charge on any atom is -0.496 e. The van der Waals surface area contributed by atoms with E-state index < -0.39 is 0 Å². The number of aryl methyl sites for hydroxylation is 1. The predicted octanol–water partition coefficient (Wildman–Crippen LogP) is 7.05. The number of aromatic nitrogens is 1. The van der Waals surface area contributed by atoms with Gasteiger partial charge in [-0.2, -0.15) is 0 Å². The molecule has 29 heavy (non-hydrogen) atoms. The van der Waals surface area contributed by atoms with Crippen LogP contribution >= 0.6 is 0 Å². The summed E-state index contributed by atoms with van der Waals surface area (Å²) in [6, 6.07) is 23.8. The van der Waals surface area contributed by atoms with Crippen LogP contribution < -0.4 is 4.74 Å². The number of benzene rings is 4. The van der Waals surface area contributed by atoms with Crippen LogP contribution in [-0.4, -0.2) is 11.5 Å². The van der Waals surface area contributed by atoms with Crippen molar-refractivity contribution in [3.8, 4) is 5.75 Å². The molecule has 0 aliphatic rings. The van der Waals surface area contributed by atoms with Gasteiger partial charge in [0.05, 0.1) is 23.5 Å². The number of methoxy groups -OCH3 is 1. The van der Waals surface area contributed by atoms with E-state index in [4.69, 9.17) is 9.15 Å². The summed E-state index contributed by atoms with van der Waals surface area (Å²) in [6.07, 6.45) is 0. The zero-order chi connectivity index (χ0) is 19.3. The molecule has 0 amide bonds. The molecule has 0 fully saturated rings. The fourth-order valence-electron chi connectivity index (χ4n) is 4.99. The number of fused-ring (bicyclic) bond motifs is 9. The Morgan fingerprint density at radius 1 is 0.793 bits per heavy atom. The summed E-state index contributed by atoms with van der Waals surface area (Å²) in [5.41, 5.74) is 6.57. The number of nitrogens with zero attached hydrogens (tertiary/aromatic N) is 1. The Balaban J connectivity index is 1.85. The van der Waals surface area contributed by atoms with E-state index in [0.717, 1.165) is 33.2 Å². The fraction of sp³-hybridized carbons (Fsp3) is 0.0769. The van der Waals surface area contributed by atoms with Gasteiger partial charge in [0, 0.05) is 16.2 Å². The number of para-hydroxylation sites is 1. The Morgan fingerprint density at radius 2 is 1.69 bits per heavy atom. The summed E-state index contributed by atoms with van der Waals surface area (Å²) >= 11 is 0. The van der Waals surface area contributed by atoms with Crippen LogP contribution in [0.1, 0.15) is 5.56 Å². The second-order valence-electron chi connectivity index (χ2n) is 7.87. The highest BCUT2D eigenvalue weighted by molar-refractivity contribution is 6.28. The molecule has 0 aliphatic heterocycles. The van der Waals surface area contributed by atoms with Gasteiger partial charge in [0.15, 0.2) is 5.58 Å². The van der Waals surface area contributed by atoms with Gasteiger partial charge in [0.1, 0.15) is 16.8 Å². The average Bonchev–Trinajstić information content (AvgIpc) is 3.36. The van der Waals surface area contributed by atoms with E-state index >= 15 is 0 Å². The van der Waals surface area contributed by atoms with Crippen molar-refractivity contribution in [1.29, 1.82) is 0 Å². The van der Waals surface area contributed by atoms with Crippen LogP contribution in [0.3, 0.4) is 0 Å². The lowest BCUT2D eigenvalue weighted by molar-refractivity contribution is 0.420. The molecule has 7 rings (SSSR count). The maximum Gasteiger partial charge on any atom is 0.165 e. The molecule has 0 radical (unpaired) electrons. The number of hydrogen-bond donors (Lipinski definition) is 0. The van der Waals surface area contributed by atoms with Crippen LogP contribution in [-0.2, 0) is 0 Å². The molecule has 0 bridgehead atoms. The Morgan fingerprint density at radius 3 is 2.59 bits per heavy atom. The van der Waals surface area contributed by atoms with Crippen molar-refractivity contribution in [3.05, 3.63) is 72.3 Å². The minimum atomic E-state index is 0.847. The van der Waals surface area contributed by atoms with Crippen molar-refractivity contribution >= 4 is 60.0 Å². The van der Waals surface area contributed by atoms with Gasteiger partial charge in [-0.05, 0) is 54.1 Å². The topological polar surface area (TPSA) is 26.8 Å². The highest BCUT2D eigenvalue weighted by Gasteiger charge is 2.24. The van der Waals surface area contributed by atoms with Crippen molar-refractivity contribution in [1.82, 2.24) is 4.40 Å². The second kappa shape index (κ2) is 5.00. The molecule has 4 aromatic carbocycles. The number of hydrogen-bond acceptors (Lipinski definition) is 2. The lowest BCUT2D eigenvalue weighted by atomic mass is 10.0. The van der Waals surface area contributed by atoms with Crippen molar-refractivity contribution in [2.45, 2.75) is 6.92 Å². The van der Waals surface area contributed by atoms with Crippen LogP contribution in [0, 0.1) is 6.92 Å². The molecule has 0 atom stereocenters. The van der Waals surface area contributed by atoms with Crippen LogP contribution in [0.5, 0.6) is 5.75 Å². The smallest absolute Gasteiger partial charge is 0.165 e. The molecule has 138 valence electrons. The molecular weight excluding hydrogens is 358 g/mol. The molecule has 7 aromatic rings. The van der Waals surface area contributed by atoms with E-state index in [1.807, 2.05) is 12.1 Å².